The van der Waals surface area contributed by atoms with Crippen molar-refractivity contribution in [3.8, 4) is 0 Å². The van der Waals surface area contributed by atoms with Gasteiger partial charge < -0.3 is 5.32 Å². The third-order valence-corrected chi connectivity index (χ3v) is 3.49. The zero-order valence-corrected chi connectivity index (χ0v) is 13.2. The lowest BCUT2D eigenvalue weighted by Crippen LogP contribution is -2.13. The van der Waals surface area contributed by atoms with Gasteiger partial charge >= 0.3 is 0 Å². The Morgan fingerprint density at radius 2 is 2.21 bits per heavy atom. The molecular weight excluding hydrogens is 328 g/mol. The fourth-order valence-electron chi connectivity index (χ4n) is 1.73. The molecular formula is C13H16BrClN4. The monoisotopic (exact) mass is 342 g/mol. The fourth-order valence-corrected chi connectivity index (χ4v) is 2.55. The molecule has 0 spiro atoms. The molecule has 19 heavy (non-hydrogen) atoms. The molecule has 4 nitrogen and oxygen atoms in total. The molecule has 0 bridgehead atoms. The van der Waals surface area contributed by atoms with Gasteiger partial charge in [0.05, 0.1) is 6.54 Å². The van der Waals surface area contributed by atoms with Gasteiger partial charge in [-0.15, -0.1) is 0 Å². The Morgan fingerprint density at radius 3 is 2.89 bits per heavy atom. The van der Waals surface area contributed by atoms with Crippen LogP contribution in [0.15, 0.2) is 29.0 Å². The molecule has 1 heterocycles. The Balaban J connectivity index is 2.04. The van der Waals surface area contributed by atoms with Crippen LogP contribution in [0.4, 0.5) is 5.69 Å². The molecule has 0 unspecified atom stereocenters. The van der Waals surface area contributed by atoms with Crippen molar-refractivity contribution in [2.75, 3.05) is 5.32 Å². The summed E-state index contributed by atoms with van der Waals surface area (Å²) >= 11 is 9.40. The minimum atomic E-state index is 0.544. The van der Waals surface area contributed by atoms with Crippen LogP contribution in [0.25, 0.3) is 0 Å². The molecule has 1 aromatic carbocycles. The number of hydrogen-bond acceptors (Lipinski definition) is 3. The Kier molecular flexibility index (Phi) is 4.82. The predicted molar refractivity (Wildman–Crippen MR) is 81.3 cm³/mol. The van der Waals surface area contributed by atoms with Crippen molar-refractivity contribution in [3.05, 3.63) is 39.8 Å². The molecule has 1 aromatic heterocycles. The summed E-state index contributed by atoms with van der Waals surface area (Å²) in [5, 5.41) is 8.27. The van der Waals surface area contributed by atoms with E-state index in [1.54, 1.807) is 6.33 Å². The van der Waals surface area contributed by atoms with E-state index in [0.29, 0.717) is 17.5 Å². The Hall–Kier alpha value is -1.07. The quantitative estimate of drug-likeness (QED) is 0.893. The number of benzene rings is 1. The second-order valence-electron chi connectivity index (χ2n) is 4.73. The smallest absolute Gasteiger partial charge is 0.146 e. The highest BCUT2D eigenvalue weighted by molar-refractivity contribution is 9.10. The van der Waals surface area contributed by atoms with E-state index in [9.17, 15) is 0 Å². The van der Waals surface area contributed by atoms with Crippen LogP contribution in [0.3, 0.4) is 0 Å². The number of aromatic nitrogens is 3. The third kappa shape index (κ3) is 3.94. The Bertz CT molecular complexity index is 553. The average molecular weight is 344 g/mol. The zero-order valence-electron chi connectivity index (χ0n) is 10.9. The summed E-state index contributed by atoms with van der Waals surface area (Å²) in [5.74, 6) is 1.47. The zero-order chi connectivity index (χ0) is 13.8. The van der Waals surface area contributed by atoms with Gasteiger partial charge in [-0.3, -0.25) is 0 Å². The fraction of sp³-hybridized carbons (Fsp3) is 0.385. The molecule has 0 fully saturated rings. The molecule has 0 saturated heterocycles. The molecule has 2 rings (SSSR count). The van der Waals surface area contributed by atoms with Crippen molar-refractivity contribution in [1.82, 2.24) is 14.8 Å². The predicted octanol–water partition coefficient (Wildman–Crippen LogP) is 3.96. The molecule has 0 amide bonds. The van der Waals surface area contributed by atoms with Gasteiger partial charge in [0.15, 0.2) is 0 Å². The van der Waals surface area contributed by atoms with E-state index in [4.69, 9.17) is 11.6 Å². The normalized spacial score (nSPS) is 11.0. The van der Waals surface area contributed by atoms with Crippen LogP contribution in [-0.4, -0.2) is 14.8 Å². The van der Waals surface area contributed by atoms with E-state index in [2.05, 4.69) is 45.2 Å². The Labute approximate surface area is 126 Å². The summed E-state index contributed by atoms with van der Waals surface area (Å²) in [6.45, 7) is 5.83. The van der Waals surface area contributed by atoms with Crippen molar-refractivity contribution in [2.45, 2.75) is 26.9 Å². The standard InChI is InChI=1S/C13H16BrClN4/c1-9(2)7-19-13(17-8-18-19)6-16-12-4-3-10(15)5-11(12)14/h3-5,8-9,16H,6-7H2,1-2H3. The van der Waals surface area contributed by atoms with Crippen LogP contribution in [0, 0.1) is 5.92 Å². The van der Waals surface area contributed by atoms with E-state index >= 15 is 0 Å². The van der Waals surface area contributed by atoms with Crippen LogP contribution < -0.4 is 5.32 Å². The number of rotatable bonds is 5. The summed E-state index contributed by atoms with van der Waals surface area (Å²) in [4.78, 5) is 4.28. The van der Waals surface area contributed by atoms with E-state index in [0.717, 1.165) is 22.5 Å². The lowest BCUT2D eigenvalue weighted by atomic mass is 10.2. The number of nitrogens with zero attached hydrogens (tertiary/aromatic N) is 3. The number of hydrogen-bond donors (Lipinski definition) is 1. The molecule has 0 saturated carbocycles. The van der Waals surface area contributed by atoms with Crippen molar-refractivity contribution in [1.29, 1.82) is 0 Å². The van der Waals surface area contributed by atoms with Crippen molar-refractivity contribution < 1.29 is 0 Å². The minimum absolute atomic E-state index is 0.544. The maximum atomic E-state index is 5.91. The Morgan fingerprint density at radius 1 is 1.42 bits per heavy atom. The van der Waals surface area contributed by atoms with Crippen molar-refractivity contribution in [2.24, 2.45) is 5.92 Å². The number of anilines is 1. The highest BCUT2D eigenvalue weighted by Gasteiger charge is 2.07. The molecule has 102 valence electrons. The average Bonchev–Trinajstić information content (AvgIpc) is 2.74. The van der Waals surface area contributed by atoms with Crippen LogP contribution in [0.5, 0.6) is 0 Å². The van der Waals surface area contributed by atoms with Gasteiger partial charge in [0.2, 0.25) is 0 Å². The first-order chi connectivity index (χ1) is 9.06. The van der Waals surface area contributed by atoms with Gasteiger partial charge in [-0.25, -0.2) is 9.67 Å². The van der Waals surface area contributed by atoms with E-state index < -0.39 is 0 Å². The highest BCUT2D eigenvalue weighted by Crippen LogP contribution is 2.26. The summed E-state index contributed by atoms with van der Waals surface area (Å²) in [6.07, 6.45) is 1.59. The van der Waals surface area contributed by atoms with Crippen LogP contribution in [0.2, 0.25) is 5.02 Å². The molecule has 2 aromatic rings. The van der Waals surface area contributed by atoms with E-state index in [-0.39, 0.29) is 0 Å². The summed E-state index contributed by atoms with van der Waals surface area (Å²) in [6, 6.07) is 5.66. The molecule has 6 heteroatoms. The SMILES string of the molecule is CC(C)Cn1ncnc1CNc1ccc(Cl)cc1Br. The van der Waals surface area contributed by atoms with Crippen LogP contribution in [0.1, 0.15) is 19.7 Å². The second kappa shape index (κ2) is 6.39. The topological polar surface area (TPSA) is 42.7 Å². The maximum Gasteiger partial charge on any atom is 0.146 e. The first-order valence-electron chi connectivity index (χ1n) is 6.12. The second-order valence-corrected chi connectivity index (χ2v) is 6.02. The first-order valence-corrected chi connectivity index (χ1v) is 7.29. The summed E-state index contributed by atoms with van der Waals surface area (Å²) in [5.41, 5.74) is 0.989. The van der Waals surface area contributed by atoms with Gasteiger partial charge in [-0.2, -0.15) is 5.10 Å². The van der Waals surface area contributed by atoms with E-state index in [1.807, 2.05) is 22.9 Å². The van der Waals surface area contributed by atoms with Crippen molar-refractivity contribution >= 4 is 33.2 Å². The highest BCUT2D eigenvalue weighted by atomic mass is 79.9. The largest absolute Gasteiger partial charge is 0.377 e. The summed E-state index contributed by atoms with van der Waals surface area (Å²) in [7, 11) is 0. The van der Waals surface area contributed by atoms with E-state index in [1.165, 1.54) is 0 Å². The number of halogens is 2. The molecule has 0 atom stereocenters. The molecule has 0 aliphatic carbocycles. The van der Waals surface area contributed by atoms with Crippen molar-refractivity contribution in [3.63, 3.8) is 0 Å². The van der Waals surface area contributed by atoms with Crippen LogP contribution >= 0.6 is 27.5 Å². The lowest BCUT2D eigenvalue weighted by molar-refractivity contribution is 0.468. The summed E-state index contributed by atoms with van der Waals surface area (Å²) < 4.78 is 2.87. The van der Waals surface area contributed by atoms with Gasteiger partial charge in [0, 0.05) is 21.7 Å². The lowest BCUT2D eigenvalue weighted by Gasteiger charge is -2.11. The number of nitrogens with one attached hydrogen (secondary N) is 1. The maximum absolute atomic E-state index is 5.91. The van der Waals surface area contributed by atoms with Gasteiger partial charge in [-0.1, -0.05) is 25.4 Å². The van der Waals surface area contributed by atoms with Gasteiger partial charge in [0.25, 0.3) is 0 Å². The molecule has 0 aliphatic rings. The molecule has 1 N–H and O–H groups in total. The molecule has 0 aliphatic heterocycles. The minimum Gasteiger partial charge on any atom is -0.377 e. The van der Waals surface area contributed by atoms with Gasteiger partial charge in [-0.05, 0) is 40.0 Å². The van der Waals surface area contributed by atoms with Crippen LogP contribution in [-0.2, 0) is 13.1 Å². The molecule has 0 radical (unpaired) electrons. The van der Waals surface area contributed by atoms with Gasteiger partial charge in [0.1, 0.15) is 12.2 Å². The first kappa shape index (κ1) is 14.3. The third-order valence-electron chi connectivity index (χ3n) is 2.60.